The highest BCUT2D eigenvalue weighted by Gasteiger charge is 2.29. The van der Waals surface area contributed by atoms with Gasteiger partial charge < -0.3 is 0 Å². The van der Waals surface area contributed by atoms with E-state index in [-0.39, 0.29) is 5.69 Å². The summed E-state index contributed by atoms with van der Waals surface area (Å²) in [5.41, 5.74) is -0.794. The minimum Gasteiger partial charge on any atom is -0.166 e. The van der Waals surface area contributed by atoms with E-state index in [9.17, 15) is 18.1 Å². The lowest BCUT2D eigenvalue weighted by Crippen LogP contribution is -2.03. The molecule has 2 nitrogen and oxygen atoms in total. The fourth-order valence-electron chi connectivity index (χ4n) is 0.711. The Hall–Kier alpha value is -1.39. The van der Waals surface area contributed by atoms with E-state index >= 15 is 0 Å². The molecule has 0 N–H and O–H groups in total. The van der Waals surface area contributed by atoms with Gasteiger partial charge in [-0.25, -0.2) is 0 Å². The van der Waals surface area contributed by atoms with Gasteiger partial charge in [0.25, 0.3) is 0 Å². The predicted octanol–water partition coefficient (Wildman–Crippen LogP) is 3.10. The average Bonchev–Trinajstić information content (AvgIpc) is 2.03. The minimum atomic E-state index is -4.36. The normalized spacial score (nSPS) is 11.2. The molecule has 0 unspecified atom stereocenters. The minimum absolute atomic E-state index is 0.0111. The number of nitroso groups, excluding NO2 is 1. The fourth-order valence-corrected chi connectivity index (χ4v) is 0.711. The Morgan fingerprint density at radius 2 is 1.58 bits per heavy atom. The molecular weight excluding hydrogens is 171 g/mol. The molecule has 0 fully saturated rings. The molecule has 0 aliphatic carbocycles. The van der Waals surface area contributed by atoms with Crippen LogP contribution in [-0.2, 0) is 6.18 Å². The van der Waals surface area contributed by atoms with Gasteiger partial charge in [-0.15, -0.1) is 4.91 Å². The van der Waals surface area contributed by atoms with Crippen LogP contribution in [0.1, 0.15) is 5.56 Å². The van der Waals surface area contributed by atoms with Crippen molar-refractivity contribution < 1.29 is 13.2 Å². The van der Waals surface area contributed by atoms with Crippen molar-refractivity contribution in [1.29, 1.82) is 0 Å². The van der Waals surface area contributed by atoms with Crippen molar-refractivity contribution in [3.05, 3.63) is 34.7 Å². The van der Waals surface area contributed by atoms with Crippen LogP contribution in [0.5, 0.6) is 0 Å². The summed E-state index contributed by atoms with van der Waals surface area (Å²) in [6.45, 7) is 0. The van der Waals surface area contributed by atoms with Crippen LogP contribution in [0.3, 0.4) is 0 Å². The quantitative estimate of drug-likeness (QED) is 0.603. The molecule has 0 saturated carbocycles. The maximum atomic E-state index is 11.9. The summed E-state index contributed by atoms with van der Waals surface area (Å²) in [6.07, 6.45) is -4.36. The van der Waals surface area contributed by atoms with Gasteiger partial charge >= 0.3 is 6.18 Å². The molecule has 1 aromatic rings. The van der Waals surface area contributed by atoms with Gasteiger partial charge in [0.05, 0.1) is 5.56 Å². The van der Waals surface area contributed by atoms with Crippen molar-refractivity contribution in [1.82, 2.24) is 0 Å². The van der Waals surface area contributed by atoms with Crippen molar-refractivity contribution in [3.8, 4) is 0 Å². The third-order valence-electron chi connectivity index (χ3n) is 1.30. The number of alkyl halides is 3. The number of nitrogens with zero attached hydrogens (tertiary/aromatic N) is 1. The monoisotopic (exact) mass is 175 g/mol. The molecule has 0 heterocycles. The van der Waals surface area contributed by atoms with Gasteiger partial charge in [0.1, 0.15) is 5.69 Å². The van der Waals surface area contributed by atoms with Crippen LogP contribution >= 0.6 is 0 Å². The number of rotatable bonds is 1. The first-order valence-corrected chi connectivity index (χ1v) is 3.04. The van der Waals surface area contributed by atoms with E-state index in [4.69, 9.17) is 0 Å². The zero-order chi connectivity index (χ0) is 9.19. The Bertz CT molecular complexity index is 278. The summed E-state index contributed by atoms with van der Waals surface area (Å²) in [5.74, 6) is 0. The summed E-state index contributed by atoms with van der Waals surface area (Å²) in [4.78, 5) is 9.84. The lowest BCUT2D eigenvalue weighted by molar-refractivity contribution is -0.137. The van der Waals surface area contributed by atoms with Gasteiger partial charge in [0.15, 0.2) is 0 Å². The zero-order valence-electron chi connectivity index (χ0n) is 5.80. The maximum Gasteiger partial charge on any atom is 0.416 e. The Morgan fingerprint density at radius 3 is 1.92 bits per heavy atom. The third kappa shape index (κ3) is 1.81. The van der Waals surface area contributed by atoms with Crippen molar-refractivity contribution in [2.24, 2.45) is 5.18 Å². The molecule has 12 heavy (non-hydrogen) atoms. The topological polar surface area (TPSA) is 29.4 Å². The fraction of sp³-hybridized carbons (Fsp3) is 0.143. The molecule has 0 radical (unpaired) electrons. The number of benzene rings is 1. The summed E-state index contributed by atoms with van der Waals surface area (Å²) >= 11 is 0. The molecule has 0 spiro atoms. The Morgan fingerprint density at radius 1 is 1.08 bits per heavy atom. The molecule has 64 valence electrons. The Kier molecular flexibility index (Phi) is 2.12. The number of hydrogen-bond acceptors (Lipinski definition) is 2. The maximum absolute atomic E-state index is 11.9. The first-order chi connectivity index (χ1) is 5.54. The van der Waals surface area contributed by atoms with Crippen molar-refractivity contribution >= 4 is 5.69 Å². The van der Waals surface area contributed by atoms with Gasteiger partial charge in [-0.2, -0.15) is 13.2 Å². The molecule has 0 bridgehead atoms. The lowest BCUT2D eigenvalue weighted by atomic mass is 10.2. The third-order valence-corrected chi connectivity index (χ3v) is 1.30. The highest BCUT2D eigenvalue weighted by molar-refractivity contribution is 5.39. The van der Waals surface area contributed by atoms with Crippen LogP contribution in [0.25, 0.3) is 0 Å². The van der Waals surface area contributed by atoms with Crippen LogP contribution in [0.15, 0.2) is 29.4 Å². The van der Waals surface area contributed by atoms with Crippen LogP contribution in [-0.4, -0.2) is 0 Å². The van der Waals surface area contributed by atoms with Crippen LogP contribution < -0.4 is 0 Å². The molecule has 5 heteroatoms. The SMILES string of the molecule is O=Nc1ccc(C(F)(F)F)cc1. The molecule has 1 aromatic carbocycles. The number of halogens is 3. The van der Waals surface area contributed by atoms with Gasteiger partial charge in [0.2, 0.25) is 0 Å². The second-order valence-electron chi connectivity index (χ2n) is 2.14. The van der Waals surface area contributed by atoms with Gasteiger partial charge in [-0.05, 0) is 29.4 Å². The molecule has 0 atom stereocenters. The van der Waals surface area contributed by atoms with Crippen LogP contribution in [0.4, 0.5) is 18.9 Å². The van der Waals surface area contributed by atoms with Crippen molar-refractivity contribution in [2.45, 2.75) is 6.18 Å². The summed E-state index contributed by atoms with van der Waals surface area (Å²) in [6, 6.07) is 3.68. The van der Waals surface area contributed by atoms with E-state index in [1.54, 1.807) is 0 Å². The molecule has 0 aliphatic rings. The van der Waals surface area contributed by atoms with E-state index < -0.39 is 11.7 Å². The van der Waals surface area contributed by atoms with Crippen LogP contribution in [0, 0.1) is 4.91 Å². The Balaban J connectivity index is 3.00. The molecule has 0 aromatic heterocycles. The van der Waals surface area contributed by atoms with Gasteiger partial charge in [-0.1, -0.05) is 0 Å². The Labute approximate surface area is 66.0 Å². The lowest BCUT2D eigenvalue weighted by Gasteiger charge is -2.04. The molecule has 0 saturated heterocycles. The standard InChI is InChI=1S/C7H4F3NO/c8-7(9,10)5-1-3-6(11-12)4-2-5/h1-4H. The first kappa shape index (κ1) is 8.70. The molecule has 1 rings (SSSR count). The summed E-state index contributed by atoms with van der Waals surface area (Å²) in [5, 5.41) is 2.48. The average molecular weight is 175 g/mol. The summed E-state index contributed by atoms with van der Waals surface area (Å²) < 4.78 is 35.7. The van der Waals surface area contributed by atoms with E-state index in [1.807, 2.05) is 0 Å². The van der Waals surface area contributed by atoms with Crippen molar-refractivity contribution in [3.63, 3.8) is 0 Å². The first-order valence-electron chi connectivity index (χ1n) is 3.04. The molecule has 0 aliphatic heterocycles. The highest BCUT2D eigenvalue weighted by Crippen LogP contribution is 2.30. The van der Waals surface area contributed by atoms with E-state index in [0.29, 0.717) is 0 Å². The number of hydrogen-bond donors (Lipinski definition) is 0. The van der Waals surface area contributed by atoms with E-state index in [0.717, 1.165) is 24.3 Å². The smallest absolute Gasteiger partial charge is 0.166 e. The second kappa shape index (κ2) is 2.92. The predicted molar refractivity (Wildman–Crippen MR) is 36.9 cm³/mol. The highest BCUT2D eigenvalue weighted by atomic mass is 19.4. The largest absolute Gasteiger partial charge is 0.416 e. The van der Waals surface area contributed by atoms with Gasteiger partial charge in [-0.3, -0.25) is 0 Å². The molecular formula is C7H4F3NO. The van der Waals surface area contributed by atoms with E-state index in [2.05, 4.69) is 5.18 Å². The molecule has 0 amide bonds. The van der Waals surface area contributed by atoms with Crippen LogP contribution in [0.2, 0.25) is 0 Å². The summed E-state index contributed by atoms with van der Waals surface area (Å²) in [7, 11) is 0. The van der Waals surface area contributed by atoms with Crippen molar-refractivity contribution in [2.75, 3.05) is 0 Å². The second-order valence-corrected chi connectivity index (χ2v) is 2.14. The van der Waals surface area contributed by atoms with E-state index in [1.165, 1.54) is 0 Å². The zero-order valence-corrected chi connectivity index (χ0v) is 5.80. The van der Waals surface area contributed by atoms with Gasteiger partial charge in [0, 0.05) is 0 Å².